The Labute approximate surface area is 140 Å². The van der Waals surface area contributed by atoms with Gasteiger partial charge in [0, 0.05) is 23.7 Å². The highest BCUT2D eigenvalue weighted by Crippen LogP contribution is 2.26. The number of benzene rings is 1. The van der Waals surface area contributed by atoms with E-state index in [0.717, 1.165) is 40.6 Å². The number of aromatic amines is 1. The van der Waals surface area contributed by atoms with Gasteiger partial charge in [-0.05, 0) is 25.0 Å². The second-order valence-electron chi connectivity index (χ2n) is 5.64. The van der Waals surface area contributed by atoms with Gasteiger partial charge in [0.25, 0.3) is 0 Å². The number of carbonyl (C=O) groups excluding carboxylic acids is 1. The Morgan fingerprint density at radius 1 is 1.48 bits per heavy atom. The maximum absolute atomic E-state index is 12.2. The molecule has 0 radical (unpaired) electrons. The van der Waals surface area contributed by atoms with Crippen molar-refractivity contribution in [2.24, 2.45) is 5.92 Å². The van der Waals surface area contributed by atoms with Crippen molar-refractivity contribution >= 4 is 17.7 Å². The number of thioether (sulfide) groups is 1. The summed E-state index contributed by atoms with van der Waals surface area (Å²) >= 11 is 1.77. The number of ether oxygens (including phenoxy) is 1. The molecule has 1 aromatic heterocycles. The van der Waals surface area contributed by atoms with Gasteiger partial charge in [0.2, 0.25) is 5.91 Å². The first kappa shape index (κ1) is 15.9. The third kappa shape index (κ3) is 4.07. The van der Waals surface area contributed by atoms with Gasteiger partial charge < -0.3 is 15.0 Å². The zero-order valence-corrected chi connectivity index (χ0v) is 14.0. The molecule has 2 heterocycles. The Hall–Kier alpha value is -1.95. The van der Waals surface area contributed by atoms with Crippen molar-refractivity contribution in [1.29, 1.82) is 0 Å². The molecule has 2 aromatic rings. The molecule has 6 heteroatoms. The molecule has 0 bridgehead atoms. The molecule has 23 heavy (non-hydrogen) atoms. The fourth-order valence-corrected chi connectivity index (χ4v) is 3.46. The molecule has 0 fully saturated rings. The van der Waals surface area contributed by atoms with Gasteiger partial charge in [0.15, 0.2) is 0 Å². The van der Waals surface area contributed by atoms with E-state index in [-0.39, 0.29) is 11.8 Å². The van der Waals surface area contributed by atoms with Crippen LogP contribution in [0.25, 0.3) is 0 Å². The normalized spacial score (nSPS) is 16.5. The third-order valence-electron chi connectivity index (χ3n) is 3.97. The molecule has 0 saturated heterocycles. The summed E-state index contributed by atoms with van der Waals surface area (Å²) in [6.45, 7) is 3.15. The van der Waals surface area contributed by atoms with E-state index in [0.29, 0.717) is 13.2 Å². The molecule has 1 aliphatic rings. The van der Waals surface area contributed by atoms with Gasteiger partial charge in [-0.25, -0.2) is 4.98 Å². The second-order valence-corrected chi connectivity index (χ2v) is 6.74. The van der Waals surface area contributed by atoms with Gasteiger partial charge in [-0.3, -0.25) is 4.79 Å². The molecule has 1 aliphatic heterocycles. The van der Waals surface area contributed by atoms with Crippen molar-refractivity contribution in [3.05, 3.63) is 47.5 Å². The van der Waals surface area contributed by atoms with Crippen LogP contribution in [0, 0.1) is 12.8 Å². The lowest BCUT2D eigenvalue weighted by molar-refractivity contribution is -0.126. The molecule has 5 nitrogen and oxygen atoms in total. The summed E-state index contributed by atoms with van der Waals surface area (Å²) in [5.41, 5.74) is 3.31. The van der Waals surface area contributed by atoms with Crippen LogP contribution in [0.2, 0.25) is 0 Å². The van der Waals surface area contributed by atoms with Crippen LogP contribution < -0.4 is 10.1 Å². The summed E-state index contributed by atoms with van der Waals surface area (Å²) in [6, 6.07) is 7.92. The Balaban J connectivity index is 1.38. The summed E-state index contributed by atoms with van der Waals surface area (Å²) in [6.07, 6.45) is 2.47. The van der Waals surface area contributed by atoms with Crippen molar-refractivity contribution in [1.82, 2.24) is 15.3 Å². The maximum atomic E-state index is 12.2. The minimum atomic E-state index is -0.0940. The zero-order valence-electron chi connectivity index (χ0n) is 13.2. The number of carbonyl (C=O) groups is 1. The van der Waals surface area contributed by atoms with E-state index < -0.39 is 0 Å². The van der Waals surface area contributed by atoms with Gasteiger partial charge in [-0.1, -0.05) is 18.2 Å². The quantitative estimate of drug-likeness (QED) is 0.797. The smallest absolute Gasteiger partial charge is 0.226 e. The average Bonchev–Trinajstić information content (AvgIpc) is 2.99. The summed E-state index contributed by atoms with van der Waals surface area (Å²) in [5.74, 6) is 2.63. The number of aryl methyl sites for hydroxylation is 1. The average molecular weight is 331 g/mol. The number of imidazole rings is 1. The van der Waals surface area contributed by atoms with Crippen LogP contribution in [-0.2, 0) is 17.0 Å². The lowest BCUT2D eigenvalue weighted by Crippen LogP contribution is -2.38. The molecule has 1 unspecified atom stereocenters. The predicted octanol–water partition coefficient (Wildman–Crippen LogP) is 2.32. The Kier molecular flexibility index (Phi) is 5.23. The first-order valence-corrected chi connectivity index (χ1v) is 8.94. The van der Waals surface area contributed by atoms with Crippen LogP contribution in [0.4, 0.5) is 0 Å². The van der Waals surface area contributed by atoms with Crippen LogP contribution in [0.3, 0.4) is 0 Å². The molecule has 2 N–H and O–H groups in total. The number of aromatic nitrogens is 2. The number of hydrogen-bond donors (Lipinski definition) is 2. The fourth-order valence-electron chi connectivity index (χ4n) is 2.59. The molecular weight excluding hydrogens is 310 g/mol. The zero-order chi connectivity index (χ0) is 16.1. The minimum absolute atomic E-state index is 0.0797. The second kappa shape index (κ2) is 7.55. The van der Waals surface area contributed by atoms with E-state index in [1.165, 1.54) is 0 Å². The first-order chi connectivity index (χ1) is 11.2. The van der Waals surface area contributed by atoms with Crippen molar-refractivity contribution < 1.29 is 9.53 Å². The largest absolute Gasteiger partial charge is 0.492 e. The van der Waals surface area contributed by atoms with Crippen LogP contribution in [0.5, 0.6) is 5.75 Å². The van der Waals surface area contributed by atoms with Crippen LogP contribution >= 0.6 is 11.8 Å². The Bertz CT molecular complexity index is 671. The number of nitrogens with one attached hydrogen (secondary N) is 2. The number of rotatable bonds is 6. The Morgan fingerprint density at radius 3 is 3.17 bits per heavy atom. The SMILES string of the molecule is Cc1[nH]cnc1CSCCNC(=O)C1COc2ccccc2C1. The first-order valence-electron chi connectivity index (χ1n) is 7.79. The number of amides is 1. The molecule has 1 aromatic carbocycles. The summed E-state index contributed by atoms with van der Waals surface area (Å²) in [5, 5.41) is 3.01. The monoisotopic (exact) mass is 331 g/mol. The van der Waals surface area contributed by atoms with E-state index in [1.54, 1.807) is 18.1 Å². The van der Waals surface area contributed by atoms with E-state index >= 15 is 0 Å². The molecule has 3 rings (SSSR count). The molecule has 1 atom stereocenters. The standard InChI is InChI=1S/C17H21N3O2S/c1-12-15(20-11-19-12)10-23-7-6-18-17(21)14-8-13-4-2-3-5-16(13)22-9-14/h2-5,11,14H,6-10H2,1H3,(H,18,21)(H,19,20). The van der Waals surface area contributed by atoms with Gasteiger partial charge >= 0.3 is 0 Å². The van der Waals surface area contributed by atoms with Gasteiger partial charge in [0.1, 0.15) is 12.4 Å². The molecule has 122 valence electrons. The molecule has 0 spiro atoms. The topological polar surface area (TPSA) is 67.0 Å². The van der Waals surface area contributed by atoms with Gasteiger partial charge in [0.05, 0.1) is 17.9 Å². The van der Waals surface area contributed by atoms with Crippen molar-refractivity contribution in [2.45, 2.75) is 19.1 Å². The molecule has 0 aliphatic carbocycles. The molecule has 0 saturated carbocycles. The highest BCUT2D eigenvalue weighted by molar-refractivity contribution is 7.98. The maximum Gasteiger partial charge on any atom is 0.226 e. The number of H-pyrrole nitrogens is 1. The Morgan fingerprint density at radius 2 is 2.35 bits per heavy atom. The van der Waals surface area contributed by atoms with E-state index in [9.17, 15) is 4.79 Å². The van der Waals surface area contributed by atoms with E-state index in [4.69, 9.17) is 4.74 Å². The van der Waals surface area contributed by atoms with Gasteiger partial charge in [-0.15, -0.1) is 0 Å². The van der Waals surface area contributed by atoms with Crippen LogP contribution in [0.1, 0.15) is 17.0 Å². The number of para-hydroxylation sites is 1. The fraction of sp³-hybridized carbons (Fsp3) is 0.412. The van der Waals surface area contributed by atoms with Crippen molar-refractivity contribution in [3.8, 4) is 5.75 Å². The van der Waals surface area contributed by atoms with Crippen LogP contribution in [-0.4, -0.2) is 34.8 Å². The van der Waals surface area contributed by atoms with Crippen LogP contribution in [0.15, 0.2) is 30.6 Å². The van der Waals surface area contributed by atoms with E-state index in [1.807, 2.05) is 31.2 Å². The number of hydrogen-bond acceptors (Lipinski definition) is 4. The molecular formula is C17H21N3O2S. The predicted molar refractivity (Wildman–Crippen MR) is 91.6 cm³/mol. The highest BCUT2D eigenvalue weighted by Gasteiger charge is 2.25. The number of fused-ring (bicyclic) bond motifs is 1. The number of nitrogens with zero attached hydrogens (tertiary/aromatic N) is 1. The summed E-state index contributed by atoms with van der Waals surface area (Å²) in [7, 11) is 0. The highest BCUT2D eigenvalue weighted by atomic mass is 32.2. The van der Waals surface area contributed by atoms with Gasteiger partial charge in [-0.2, -0.15) is 11.8 Å². The molecule has 1 amide bonds. The lowest BCUT2D eigenvalue weighted by Gasteiger charge is -2.24. The summed E-state index contributed by atoms with van der Waals surface area (Å²) < 4.78 is 5.67. The minimum Gasteiger partial charge on any atom is -0.492 e. The van der Waals surface area contributed by atoms with Crippen molar-refractivity contribution in [2.75, 3.05) is 18.9 Å². The van der Waals surface area contributed by atoms with Crippen molar-refractivity contribution in [3.63, 3.8) is 0 Å². The summed E-state index contributed by atoms with van der Waals surface area (Å²) in [4.78, 5) is 19.6. The van der Waals surface area contributed by atoms with E-state index in [2.05, 4.69) is 15.3 Å². The third-order valence-corrected chi connectivity index (χ3v) is 4.94. The lowest BCUT2D eigenvalue weighted by atomic mass is 9.96.